The average molecular weight is 284 g/mol. The van der Waals surface area contributed by atoms with Crippen LogP contribution in [0.25, 0.3) is 10.9 Å². The third kappa shape index (κ3) is 3.49. The summed E-state index contributed by atoms with van der Waals surface area (Å²) in [5.41, 5.74) is 2.89. The molecule has 0 unspecified atom stereocenters. The van der Waals surface area contributed by atoms with Gasteiger partial charge in [-0.15, -0.1) is 0 Å². The van der Waals surface area contributed by atoms with Crippen LogP contribution in [0.4, 0.5) is 0 Å². The smallest absolute Gasteiger partial charge is 0.0513 e. The van der Waals surface area contributed by atoms with Crippen LogP contribution in [0.2, 0.25) is 0 Å². The Kier molecular flexibility index (Phi) is 4.97. The number of hydrogen-bond acceptors (Lipinski definition) is 1. The van der Waals surface area contributed by atoms with Gasteiger partial charge < -0.3 is 9.88 Å². The van der Waals surface area contributed by atoms with Gasteiger partial charge in [-0.2, -0.15) is 0 Å². The lowest BCUT2D eigenvalue weighted by molar-refractivity contribution is 0.341. The van der Waals surface area contributed by atoms with E-state index in [1.54, 1.807) is 0 Å². The Morgan fingerprint density at radius 3 is 2.81 bits per heavy atom. The molecule has 2 heteroatoms. The minimum atomic E-state index is 0.923. The fourth-order valence-corrected chi connectivity index (χ4v) is 3.71. The van der Waals surface area contributed by atoms with E-state index in [9.17, 15) is 0 Å². The van der Waals surface area contributed by atoms with Crippen molar-refractivity contribution in [1.29, 1.82) is 0 Å². The largest absolute Gasteiger partial charge is 0.346 e. The molecule has 1 aromatic carbocycles. The third-order valence-corrected chi connectivity index (χ3v) is 4.94. The van der Waals surface area contributed by atoms with Crippen molar-refractivity contribution in [3.63, 3.8) is 0 Å². The van der Waals surface area contributed by atoms with Gasteiger partial charge in [-0.25, -0.2) is 0 Å². The molecule has 3 rings (SSSR count). The second kappa shape index (κ2) is 7.13. The molecular formula is C19H28N2. The Morgan fingerprint density at radius 2 is 2.00 bits per heavy atom. The molecule has 114 valence electrons. The summed E-state index contributed by atoms with van der Waals surface area (Å²) in [7, 11) is 0. The zero-order valence-electron chi connectivity index (χ0n) is 13.3. The van der Waals surface area contributed by atoms with Gasteiger partial charge in [0.25, 0.3) is 0 Å². The van der Waals surface area contributed by atoms with Crippen LogP contribution in [0.1, 0.15) is 44.6 Å². The molecule has 0 radical (unpaired) electrons. The van der Waals surface area contributed by atoms with Gasteiger partial charge in [0, 0.05) is 19.3 Å². The van der Waals surface area contributed by atoms with Crippen LogP contribution >= 0.6 is 0 Å². The van der Waals surface area contributed by atoms with Gasteiger partial charge in [0.15, 0.2) is 0 Å². The van der Waals surface area contributed by atoms with Gasteiger partial charge in [-0.1, -0.05) is 44.4 Å². The van der Waals surface area contributed by atoms with Crippen molar-refractivity contribution in [3.05, 3.63) is 36.0 Å². The molecule has 0 atom stereocenters. The molecule has 21 heavy (non-hydrogen) atoms. The molecule has 0 aliphatic heterocycles. The minimum absolute atomic E-state index is 0.923. The third-order valence-electron chi connectivity index (χ3n) is 4.94. The van der Waals surface area contributed by atoms with Crippen LogP contribution in [0.5, 0.6) is 0 Å². The molecule has 1 aliphatic carbocycles. The van der Waals surface area contributed by atoms with Crippen molar-refractivity contribution >= 4 is 10.9 Å². The van der Waals surface area contributed by atoms with Crippen molar-refractivity contribution in [2.45, 2.75) is 52.0 Å². The van der Waals surface area contributed by atoms with Gasteiger partial charge in [0.1, 0.15) is 0 Å². The summed E-state index contributed by atoms with van der Waals surface area (Å²) < 4.78 is 2.42. The first-order valence-corrected chi connectivity index (χ1v) is 8.66. The minimum Gasteiger partial charge on any atom is -0.346 e. The van der Waals surface area contributed by atoms with Crippen molar-refractivity contribution in [3.8, 4) is 0 Å². The molecule has 0 bridgehead atoms. The number of rotatable bonds is 6. The lowest BCUT2D eigenvalue weighted by Crippen LogP contribution is -2.27. The Balaban J connectivity index is 1.55. The summed E-state index contributed by atoms with van der Waals surface area (Å²) in [5, 5.41) is 5.05. The summed E-state index contributed by atoms with van der Waals surface area (Å²) in [6.45, 7) is 5.61. The van der Waals surface area contributed by atoms with E-state index in [0.29, 0.717) is 0 Å². The lowest BCUT2D eigenvalue weighted by Gasteiger charge is -2.22. The maximum atomic E-state index is 3.67. The van der Waals surface area contributed by atoms with E-state index < -0.39 is 0 Å². The van der Waals surface area contributed by atoms with Gasteiger partial charge in [0.2, 0.25) is 0 Å². The SMILES string of the molecule is CCc1cccc2ccn(CCNCC3CCCCC3)c12. The number of fused-ring (bicyclic) bond motifs is 1. The van der Waals surface area contributed by atoms with Crippen LogP contribution in [-0.2, 0) is 13.0 Å². The first kappa shape index (κ1) is 14.6. The summed E-state index contributed by atoms with van der Waals surface area (Å²) in [4.78, 5) is 0. The summed E-state index contributed by atoms with van der Waals surface area (Å²) in [6.07, 6.45) is 10.5. The Bertz CT molecular complexity index is 564. The van der Waals surface area contributed by atoms with Crippen LogP contribution in [0.15, 0.2) is 30.5 Å². The maximum Gasteiger partial charge on any atom is 0.0513 e. The maximum absolute atomic E-state index is 3.67. The molecule has 0 amide bonds. The number of nitrogens with zero attached hydrogens (tertiary/aromatic N) is 1. The second-order valence-electron chi connectivity index (χ2n) is 6.43. The predicted octanol–water partition coefficient (Wildman–Crippen LogP) is 4.37. The lowest BCUT2D eigenvalue weighted by atomic mass is 9.89. The molecule has 1 aromatic heterocycles. The van der Waals surface area contributed by atoms with E-state index in [-0.39, 0.29) is 0 Å². The van der Waals surface area contributed by atoms with Crippen molar-refractivity contribution in [2.24, 2.45) is 5.92 Å². The van der Waals surface area contributed by atoms with Crippen molar-refractivity contribution in [2.75, 3.05) is 13.1 Å². The standard InChI is InChI=1S/C19H28N2/c1-2-17-9-6-10-18-11-13-21(19(17)18)14-12-20-15-16-7-4-3-5-8-16/h6,9-11,13,16,20H,2-5,7-8,12,14-15H2,1H3. The van der Waals surface area contributed by atoms with Crippen molar-refractivity contribution in [1.82, 2.24) is 9.88 Å². The zero-order chi connectivity index (χ0) is 14.5. The van der Waals surface area contributed by atoms with Crippen molar-refractivity contribution < 1.29 is 0 Å². The fraction of sp³-hybridized carbons (Fsp3) is 0.579. The van der Waals surface area contributed by atoms with Crippen LogP contribution in [0.3, 0.4) is 0 Å². The van der Waals surface area contributed by atoms with E-state index in [0.717, 1.165) is 25.4 Å². The van der Waals surface area contributed by atoms with Crippen LogP contribution in [0, 0.1) is 5.92 Å². The number of nitrogens with one attached hydrogen (secondary N) is 1. The molecule has 2 aromatic rings. The van der Waals surface area contributed by atoms with Gasteiger partial charge in [0.05, 0.1) is 5.52 Å². The highest BCUT2D eigenvalue weighted by molar-refractivity contribution is 5.83. The van der Waals surface area contributed by atoms with E-state index in [1.165, 1.54) is 55.1 Å². The molecule has 2 nitrogen and oxygen atoms in total. The summed E-state index contributed by atoms with van der Waals surface area (Å²) in [5.74, 6) is 0.923. The van der Waals surface area contributed by atoms with E-state index in [2.05, 4.69) is 47.3 Å². The molecule has 1 N–H and O–H groups in total. The van der Waals surface area contributed by atoms with Gasteiger partial charge >= 0.3 is 0 Å². The Hall–Kier alpha value is -1.28. The van der Waals surface area contributed by atoms with E-state index in [1.807, 2.05) is 0 Å². The number of benzene rings is 1. The molecule has 1 aliphatic rings. The average Bonchev–Trinajstić information content (AvgIpc) is 2.96. The quantitative estimate of drug-likeness (QED) is 0.779. The predicted molar refractivity (Wildman–Crippen MR) is 90.8 cm³/mol. The number of para-hydroxylation sites is 1. The molecule has 1 fully saturated rings. The number of aromatic nitrogens is 1. The van der Waals surface area contributed by atoms with Crippen LogP contribution < -0.4 is 5.32 Å². The van der Waals surface area contributed by atoms with Crippen LogP contribution in [-0.4, -0.2) is 17.7 Å². The Morgan fingerprint density at radius 1 is 1.14 bits per heavy atom. The fourth-order valence-electron chi connectivity index (χ4n) is 3.71. The molecule has 1 saturated carbocycles. The zero-order valence-corrected chi connectivity index (χ0v) is 13.3. The summed E-state index contributed by atoms with van der Waals surface area (Å²) >= 11 is 0. The Labute approximate surface area is 128 Å². The monoisotopic (exact) mass is 284 g/mol. The molecule has 0 saturated heterocycles. The van der Waals surface area contributed by atoms with E-state index in [4.69, 9.17) is 0 Å². The summed E-state index contributed by atoms with van der Waals surface area (Å²) in [6, 6.07) is 8.90. The molecule has 1 heterocycles. The normalized spacial score (nSPS) is 16.6. The second-order valence-corrected chi connectivity index (χ2v) is 6.43. The van der Waals surface area contributed by atoms with Gasteiger partial charge in [-0.3, -0.25) is 0 Å². The first-order valence-electron chi connectivity index (χ1n) is 8.66. The van der Waals surface area contributed by atoms with Gasteiger partial charge in [-0.05, 0) is 48.7 Å². The topological polar surface area (TPSA) is 17.0 Å². The highest BCUT2D eigenvalue weighted by atomic mass is 15.0. The highest BCUT2D eigenvalue weighted by Gasteiger charge is 2.12. The number of hydrogen-bond donors (Lipinski definition) is 1. The number of aryl methyl sites for hydroxylation is 1. The molecular weight excluding hydrogens is 256 g/mol. The molecule has 0 spiro atoms. The van der Waals surface area contributed by atoms with E-state index >= 15 is 0 Å². The highest BCUT2D eigenvalue weighted by Crippen LogP contribution is 2.23. The first-order chi connectivity index (χ1) is 10.4.